The molecule has 1 fully saturated rings. The summed E-state index contributed by atoms with van der Waals surface area (Å²) >= 11 is 0. The lowest BCUT2D eigenvalue weighted by Gasteiger charge is -2.29. The predicted molar refractivity (Wildman–Crippen MR) is 81.1 cm³/mol. The molecule has 0 amide bonds. The van der Waals surface area contributed by atoms with Gasteiger partial charge in [-0.2, -0.15) is 9.97 Å². The van der Waals surface area contributed by atoms with Gasteiger partial charge in [-0.3, -0.25) is 0 Å². The molecule has 2 aromatic heterocycles. The molecule has 0 bridgehead atoms. The number of hydrogen-bond donors (Lipinski definition) is 2. The first-order chi connectivity index (χ1) is 9.83. The van der Waals surface area contributed by atoms with Crippen LogP contribution >= 0.6 is 0 Å². The van der Waals surface area contributed by atoms with Crippen molar-refractivity contribution >= 4 is 22.9 Å². The van der Waals surface area contributed by atoms with Gasteiger partial charge in [0, 0.05) is 19.1 Å². The standard InChI is InChI=1S/C14H22N6/c1-3-15-14-18-12-11(16-9-17-12)13(19-14)20(4-2)10-7-5-6-8-10/h9-10H,3-8H2,1-2H3,(H2,15,16,17,18,19). The van der Waals surface area contributed by atoms with Crippen molar-refractivity contribution in [2.75, 3.05) is 23.3 Å². The first-order valence-corrected chi connectivity index (χ1v) is 7.55. The van der Waals surface area contributed by atoms with E-state index in [0.29, 0.717) is 12.0 Å². The number of imidazole rings is 1. The van der Waals surface area contributed by atoms with E-state index in [4.69, 9.17) is 4.98 Å². The summed E-state index contributed by atoms with van der Waals surface area (Å²) in [4.78, 5) is 19.0. The number of aromatic nitrogens is 4. The molecule has 0 atom stereocenters. The predicted octanol–water partition coefficient (Wildman–Crippen LogP) is 2.55. The van der Waals surface area contributed by atoms with Gasteiger partial charge in [0.05, 0.1) is 6.33 Å². The molecule has 0 aliphatic heterocycles. The number of hydrogen-bond acceptors (Lipinski definition) is 5. The fraction of sp³-hybridized carbons (Fsp3) is 0.643. The molecule has 0 unspecified atom stereocenters. The van der Waals surface area contributed by atoms with Crippen LogP contribution in [0.25, 0.3) is 11.2 Å². The van der Waals surface area contributed by atoms with Gasteiger partial charge < -0.3 is 15.2 Å². The number of nitrogens with one attached hydrogen (secondary N) is 2. The maximum absolute atomic E-state index is 4.71. The van der Waals surface area contributed by atoms with Crippen LogP contribution in [0.5, 0.6) is 0 Å². The Morgan fingerprint density at radius 3 is 2.80 bits per heavy atom. The molecule has 1 saturated carbocycles. The van der Waals surface area contributed by atoms with E-state index in [0.717, 1.165) is 30.1 Å². The molecular formula is C14H22N6. The lowest BCUT2D eigenvalue weighted by atomic mass is 10.2. The Kier molecular flexibility index (Phi) is 3.71. The summed E-state index contributed by atoms with van der Waals surface area (Å²) in [5.74, 6) is 1.65. The van der Waals surface area contributed by atoms with Gasteiger partial charge in [-0.25, -0.2) is 4.98 Å². The number of rotatable bonds is 5. The van der Waals surface area contributed by atoms with Crippen LogP contribution in [-0.2, 0) is 0 Å². The lowest BCUT2D eigenvalue weighted by Crippen LogP contribution is -2.34. The lowest BCUT2D eigenvalue weighted by molar-refractivity contribution is 0.614. The summed E-state index contributed by atoms with van der Waals surface area (Å²) in [6.07, 6.45) is 6.84. The topological polar surface area (TPSA) is 69.7 Å². The van der Waals surface area contributed by atoms with Crippen molar-refractivity contribution in [3.05, 3.63) is 6.33 Å². The van der Waals surface area contributed by atoms with E-state index in [1.165, 1.54) is 25.7 Å². The summed E-state index contributed by atoms with van der Waals surface area (Å²) in [6, 6.07) is 0.593. The maximum Gasteiger partial charge on any atom is 0.226 e. The van der Waals surface area contributed by atoms with Crippen molar-refractivity contribution in [2.24, 2.45) is 0 Å². The molecular weight excluding hydrogens is 252 g/mol. The van der Waals surface area contributed by atoms with Gasteiger partial charge >= 0.3 is 0 Å². The van der Waals surface area contributed by atoms with Crippen LogP contribution in [-0.4, -0.2) is 39.1 Å². The molecule has 0 spiro atoms. The molecule has 0 aromatic carbocycles. The minimum atomic E-state index is 0.593. The summed E-state index contributed by atoms with van der Waals surface area (Å²) < 4.78 is 0. The van der Waals surface area contributed by atoms with Crippen molar-refractivity contribution in [1.29, 1.82) is 0 Å². The Bertz CT molecular complexity index is 572. The molecule has 6 nitrogen and oxygen atoms in total. The van der Waals surface area contributed by atoms with E-state index < -0.39 is 0 Å². The zero-order valence-corrected chi connectivity index (χ0v) is 12.2. The molecule has 3 rings (SSSR count). The largest absolute Gasteiger partial charge is 0.354 e. The fourth-order valence-electron chi connectivity index (χ4n) is 3.06. The highest BCUT2D eigenvalue weighted by Crippen LogP contribution is 2.30. The summed E-state index contributed by atoms with van der Waals surface area (Å²) in [5.41, 5.74) is 1.68. The summed E-state index contributed by atoms with van der Waals surface area (Å²) in [6.45, 7) is 6.01. The normalized spacial score (nSPS) is 15.9. The van der Waals surface area contributed by atoms with E-state index in [2.05, 4.69) is 32.1 Å². The Hall–Kier alpha value is -1.85. The number of anilines is 2. The van der Waals surface area contributed by atoms with E-state index >= 15 is 0 Å². The smallest absolute Gasteiger partial charge is 0.226 e. The average Bonchev–Trinajstić information content (AvgIpc) is 3.10. The minimum absolute atomic E-state index is 0.593. The molecule has 2 aromatic rings. The zero-order chi connectivity index (χ0) is 13.9. The van der Waals surface area contributed by atoms with Crippen molar-refractivity contribution in [3.63, 3.8) is 0 Å². The van der Waals surface area contributed by atoms with Crippen LogP contribution in [0.4, 0.5) is 11.8 Å². The van der Waals surface area contributed by atoms with Gasteiger partial charge in [0.15, 0.2) is 11.5 Å². The van der Waals surface area contributed by atoms with Crippen LogP contribution in [0.15, 0.2) is 6.33 Å². The Morgan fingerprint density at radius 2 is 2.10 bits per heavy atom. The van der Waals surface area contributed by atoms with Crippen molar-refractivity contribution in [1.82, 2.24) is 19.9 Å². The number of nitrogens with zero attached hydrogens (tertiary/aromatic N) is 4. The van der Waals surface area contributed by atoms with Gasteiger partial charge in [-0.1, -0.05) is 12.8 Å². The Morgan fingerprint density at radius 1 is 1.30 bits per heavy atom. The first kappa shape index (κ1) is 13.1. The van der Waals surface area contributed by atoms with Crippen molar-refractivity contribution in [2.45, 2.75) is 45.6 Å². The van der Waals surface area contributed by atoms with Gasteiger partial charge in [0.25, 0.3) is 0 Å². The molecule has 2 heterocycles. The van der Waals surface area contributed by atoms with Gasteiger partial charge in [-0.15, -0.1) is 0 Å². The molecule has 6 heteroatoms. The van der Waals surface area contributed by atoms with Crippen LogP contribution < -0.4 is 10.2 Å². The second kappa shape index (κ2) is 5.64. The number of H-pyrrole nitrogens is 1. The van der Waals surface area contributed by atoms with Gasteiger partial charge in [0.1, 0.15) is 5.52 Å². The second-order valence-corrected chi connectivity index (χ2v) is 5.23. The third kappa shape index (κ3) is 2.30. The Balaban J connectivity index is 2.04. The first-order valence-electron chi connectivity index (χ1n) is 7.55. The van der Waals surface area contributed by atoms with E-state index in [1.54, 1.807) is 6.33 Å². The molecule has 0 radical (unpaired) electrons. The average molecular weight is 274 g/mol. The fourth-order valence-corrected chi connectivity index (χ4v) is 3.06. The molecule has 1 aliphatic carbocycles. The van der Waals surface area contributed by atoms with E-state index in [1.807, 2.05) is 6.92 Å². The van der Waals surface area contributed by atoms with E-state index in [-0.39, 0.29) is 0 Å². The second-order valence-electron chi connectivity index (χ2n) is 5.23. The molecule has 2 N–H and O–H groups in total. The van der Waals surface area contributed by atoms with E-state index in [9.17, 15) is 0 Å². The van der Waals surface area contributed by atoms with Crippen LogP contribution in [0.3, 0.4) is 0 Å². The zero-order valence-electron chi connectivity index (χ0n) is 12.2. The van der Waals surface area contributed by atoms with Gasteiger partial charge in [-0.05, 0) is 26.7 Å². The maximum atomic E-state index is 4.71. The third-order valence-electron chi connectivity index (χ3n) is 3.98. The van der Waals surface area contributed by atoms with Crippen LogP contribution in [0, 0.1) is 0 Å². The summed E-state index contributed by atoms with van der Waals surface area (Å²) in [7, 11) is 0. The monoisotopic (exact) mass is 274 g/mol. The van der Waals surface area contributed by atoms with Crippen LogP contribution in [0.2, 0.25) is 0 Å². The third-order valence-corrected chi connectivity index (χ3v) is 3.98. The van der Waals surface area contributed by atoms with Crippen LogP contribution in [0.1, 0.15) is 39.5 Å². The highest BCUT2D eigenvalue weighted by atomic mass is 15.3. The molecule has 1 aliphatic rings. The SMILES string of the molecule is CCNc1nc(N(CC)C2CCCC2)c2[nH]cnc2n1. The highest BCUT2D eigenvalue weighted by Gasteiger charge is 2.25. The minimum Gasteiger partial charge on any atom is -0.354 e. The van der Waals surface area contributed by atoms with Gasteiger partial charge in [0.2, 0.25) is 5.95 Å². The quantitative estimate of drug-likeness (QED) is 0.877. The number of fused-ring (bicyclic) bond motifs is 1. The Labute approximate surface area is 119 Å². The molecule has 0 saturated heterocycles. The highest BCUT2D eigenvalue weighted by molar-refractivity contribution is 5.84. The number of aromatic amines is 1. The molecule has 20 heavy (non-hydrogen) atoms. The van der Waals surface area contributed by atoms with Crippen molar-refractivity contribution < 1.29 is 0 Å². The van der Waals surface area contributed by atoms with Crippen molar-refractivity contribution in [3.8, 4) is 0 Å². The summed E-state index contributed by atoms with van der Waals surface area (Å²) in [5, 5.41) is 3.20. The molecule has 108 valence electrons.